The van der Waals surface area contributed by atoms with Crippen LogP contribution in [0.15, 0.2) is 18.2 Å². The summed E-state index contributed by atoms with van der Waals surface area (Å²) in [6, 6.07) is 5.23. The molecule has 2 heterocycles. The van der Waals surface area contributed by atoms with E-state index in [-0.39, 0.29) is 6.04 Å². The van der Waals surface area contributed by atoms with Crippen LogP contribution in [0.2, 0.25) is 0 Å². The van der Waals surface area contributed by atoms with Crippen molar-refractivity contribution >= 4 is 10.2 Å². The predicted molar refractivity (Wildman–Crippen MR) is 83.3 cm³/mol. The maximum absolute atomic E-state index is 12.4. The van der Waals surface area contributed by atoms with Gasteiger partial charge in [0.2, 0.25) is 0 Å². The molecule has 0 spiro atoms. The molecule has 1 fully saturated rings. The minimum absolute atomic E-state index is 0.317. The molecular formula is C15H22N2O4S. The van der Waals surface area contributed by atoms with Gasteiger partial charge in [0.05, 0.1) is 0 Å². The van der Waals surface area contributed by atoms with Crippen LogP contribution in [-0.2, 0) is 10.2 Å². The van der Waals surface area contributed by atoms with E-state index in [2.05, 4.69) is 4.72 Å². The smallest absolute Gasteiger partial charge is 0.279 e. The first-order valence-electron chi connectivity index (χ1n) is 7.73. The standard InChI is InChI=1S/C15H22N2O4S/c1-12(16-22(18,19)17-7-3-2-4-8-17)13-5-6-14-15(11-13)21-10-9-20-14/h5-6,11-12,16H,2-4,7-10H2,1H3. The third kappa shape index (κ3) is 3.37. The van der Waals surface area contributed by atoms with Crippen molar-refractivity contribution in [2.75, 3.05) is 26.3 Å². The highest BCUT2D eigenvalue weighted by atomic mass is 32.2. The van der Waals surface area contributed by atoms with Gasteiger partial charge in [0.1, 0.15) is 13.2 Å². The van der Waals surface area contributed by atoms with E-state index in [1.54, 1.807) is 0 Å². The van der Waals surface area contributed by atoms with Crippen molar-refractivity contribution in [1.82, 2.24) is 9.03 Å². The Bertz CT molecular complexity index is 626. The van der Waals surface area contributed by atoms with Gasteiger partial charge in [-0.05, 0) is 37.5 Å². The van der Waals surface area contributed by atoms with E-state index < -0.39 is 10.2 Å². The van der Waals surface area contributed by atoms with Gasteiger partial charge in [-0.2, -0.15) is 17.4 Å². The van der Waals surface area contributed by atoms with Crippen molar-refractivity contribution in [3.05, 3.63) is 23.8 Å². The van der Waals surface area contributed by atoms with Crippen LogP contribution in [-0.4, -0.2) is 39.0 Å². The first-order chi connectivity index (χ1) is 10.6. The fourth-order valence-electron chi connectivity index (χ4n) is 2.80. The molecule has 0 amide bonds. The summed E-state index contributed by atoms with van der Waals surface area (Å²) in [5.41, 5.74) is 0.866. The van der Waals surface area contributed by atoms with Crippen LogP contribution in [0, 0.1) is 0 Å². The Morgan fingerprint density at radius 1 is 1.09 bits per heavy atom. The molecule has 1 saturated heterocycles. The molecule has 2 aliphatic heterocycles. The molecule has 1 unspecified atom stereocenters. The van der Waals surface area contributed by atoms with E-state index in [1.807, 2.05) is 25.1 Å². The largest absolute Gasteiger partial charge is 0.486 e. The molecule has 0 saturated carbocycles. The van der Waals surface area contributed by atoms with Crippen molar-refractivity contribution in [3.63, 3.8) is 0 Å². The quantitative estimate of drug-likeness (QED) is 0.917. The number of hydrogen-bond donors (Lipinski definition) is 1. The fraction of sp³-hybridized carbons (Fsp3) is 0.600. The van der Waals surface area contributed by atoms with Gasteiger partial charge in [0, 0.05) is 19.1 Å². The van der Waals surface area contributed by atoms with Gasteiger partial charge < -0.3 is 9.47 Å². The Balaban J connectivity index is 1.72. The number of piperidine rings is 1. The summed E-state index contributed by atoms with van der Waals surface area (Å²) in [5, 5.41) is 0. The number of nitrogens with zero attached hydrogens (tertiary/aromatic N) is 1. The minimum Gasteiger partial charge on any atom is -0.486 e. The predicted octanol–water partition coefficient (Wildman–Crippen LogP) is 1.84. The minimum atomic E-state index is -3.44. The number of benzene rings is 1. The van der Waals surface area contributed by atoms with Gasteiger partial charge in [0.25, 0.3) is 10.2 Å². The Morgan fingerprint density at radius 2 is 1.77 bits per heavy atom. The molecule has 7 heteroatoms. The lowest BCUT2D eigenvalue weighted by molar-refractivity contribution is 0.171. The van der Waals surface area contributed by atoms with Crippen LogP contribution in [0.3, 0.4) is 0 Å². The van der Waals surface area contributed by atoms with E-state index in [4.69, 9.17) is 9.47 Å². The van der Waals surface area contributed by atoms with Crippen molar-refractivity contribution in [1.29, 1.82) is 0 Å². The molecule has 0 radical (unpaired) electrons. The summed E-state index contributed by atoms with van der Waals surface area (Å²) in [7, 11) is -3.44. The number of rotatable bonds is 4. The lowest BCUT2D eigenvalue weighted by Crippen LogP contribution is -2.44. The SMILES string of the molecule is CC(NS(=O)(=O)N1CCCCC1)c1ccc2c(c1)OCCO2. The molecule has 1 aromatic carbocycles. The van der Waals surface area contributed by atoms with Crippen molar-refractivity contribution < 1.29 is 17.9 Å². The van der Waals surface area contributed by atoms with E-state index in [9.17, 15) is 8.42 Å². The second kappa shape index (κ2) is 6.44. The molecule has 3 rings (SSSR count). The summed E-state index contributed by atoms with van der Waals surface area (Å²) in [5.74, 6) is 1.38. The summed E-state index contributed by atoms with van der Waals surface area (Å²) in [6.07, 6.45) is 2.96. The van der Waals surface area contributed by atoms with E-state index in [0.717, 1.165) is 24.8 Å². The van der Waals surface area contributed by atoms with Gasteiger partial charge in [-0.25, -0.2) is 0 Å². The molecule has 122 valence electrons. The van der Waals surface area contributed by atoms with Gasteiger partial charge in [-0.1, -0.05) is 12.5 Å². The first kappa shape index (κ1) is 15.6. The Morgan fingerprint density at radius 3 is 2.50 bits per heavy atom. The van der Waals surface area contributed by atoms with Crippen LogP contribution in [0.1, 0.15) is 37.8 Å². The lowest BCUT2D eigenvalue weighted by atomic mass is 10.1. The van der Waals surface area contributed by atoms with E-state index in [0.29, 0.717) is 37.8 Å². The Kier molecular flexibility index (Phi) is 4.56. The fourth-order valence-corrected chi connectivity index (χ4v) is 4.27. The molecule has 6 nitrogen and oxygen atoms in total. The molecule has 2 aliphatic rings. The molecule has 1 aromatic rings. The normalized spacial score (nSPS) is 20.6. The summed E-state index contributed by atoms with van der Waals surface area (Å²) < 4.78 is 40.1. The maximum atomic E-state index is 12.4. The van der Waals surface area contributed by atoms with Crippen LogP contribution >= 0.6 is 0 Å². The van der Waals surface area contributed by atoms with E-state index in [1.165, 1.54) is 4.31 Å². The first-order valence-corrected chi connectivity index (χ1v) is 9.17. The molecule has 0 aromatic heterocycles. The molecule has 22 heavy (non-hydrogen) atoms. The Hall–Kier alpha value is -1.31. The molecule has 1 atom stereocenters. The number of ether oxygens (including phenoxy) is 2. The zero-order valence-corrected chi connectivity index (χ0v) is 13.6. The zero-order valence-electron chi connectivity index (χ0n) is 12.7. The maximum Gasteiger partial charge on any atom is 0.279 e. The van der Waals surface area contributed by atoms with Crippen LogP contribution in [0.5, 0.6) is 11.5 Å². The number of fused-ring (bicyclic) bond motifs is 1. The van der Waals surface area contributed by atoms with Crippen LogP contribution in [0.4, 0.5) is 0 Å². The molecular weight excluding hydrogens is 304 g/mol. The van der Waals surface area contributed by atoms with E-state index >= 15 is 0 Å². The summed E-state index contributed by atoms with van der Waals surface area (Å²) in [4.78, 5) is 0. The topological polar surface area (TPSA) is 67.9 Å². The van der Waals surface area contributed by atoms with Crippen molar-refractivity contribution in [2.24, 2.45) is 0 Å². The highest BCUT2D eigenvalue weighted by Gasteiger charge is 2.26. The average molecular weight is 326 g/mol. The number of hydrogen-bond acceptors (Lipinski definition) is 4. The van der Waals surface area contributed by atoms with Crippen LogP contribution < -0.4 is 14.2 Å². The molecule has 0 bridgehead atoms. The molecule has 0 aliphatic carbocycles. The van der Waals surface area contributed by atoms with Gasteiger partial charge in [-0.15, -0.1) is 0 Å². The second-order valence-electron chi connectivity index (χ2n) is 5.71. The summed E-state index contributed by atoms with van der Waals surface area (Å²) in [6.45, 7) is 4.10. The Labute approximate surface area is 131 Å². The van der Waals surface area contributed by atoms with Gasteiger partial charge >= 0.3 is 0 Å². The number of nitrogens with one attached hydrogen (secondary N) is 1. The third-order valence-electron chi connectivity index (χ3n) is 4.05. The second-order valence-corrected chi connectivity index (χ2v) is 7.41. The van der Waals surface area contributed by atoms with Crippen molar-refractivity contribution in [2.45, 2.75) is 32.2 Å². The highest BCUT2D eigenvalue weighted by molar-refractivity contribution is 7.87. The van der Waals surface area contributed by atoms with Gasteiger partial charge in [0.15, 0.2) is 11.5 Å². The average Bonchev–Trinajstić information content (AvgIpc) is 2.55. The van der Waals surface area contributed by atoms with Crippen molar-refractivity contribution in [3.8, 4) is 11.5 Å². The van der Waals surface area contributed by atoms with Crippen LogP contribution in [0.25, 0.3) is 0 Å². The van der Waals surface area contributed by atoms with Gasteiger partial charge in [-0.3, -0.25) is 0 Å². The zero-order chi connectivity index (χ0) is 15.6. The monoisotopic (exact) mass is 326 g/mol. The molecule has 1 N–H and O–H groups in total. The third-order valence-corrected chi connectivity index (χ3v) is 5.74. The lowest BCUT2D eigenvalue weighted by Gasteiger charge is -2.28. The highest BCUT2D eigenvalue weighted by Crippen LogP contribution is 2.32. The summed E-state index contributed by atoms with van der Waals surface area (Å²) >= 11 is 0.